The van der Waals surface area contributed by atoms with Crippen molar-refractivity contribution < 1.29 is 14.3 Å². The molecule has 9 heteroatoms. The van der Waals surface area contributed by atoms with Crippen LogP contribution < -0.4 is 5.32 Å². The molecule has 0 unspecified atom stereocenters. The van der Waals surface area contributed by atoms with Gasteiger partial charge in [-0.1, -0.05) is 11.6 Å². The molecule has 0 aromatic carbocycles. The van der Waals surface area contributed by atoms with Gasteiger partial charge in [0.15, 0.2) is 0 Å². The summed E-state index contributed by atoms with van der Waals surface area (Å²) in [5, 5.41) is 9.23. The second-order valence-corrected chi connectivity index (χ2v) is 6.31. The standard InChI is InChI=1S/C14H15ClN4O3S/c1-18-11(10(15)8-16-18)12(20)17-13-9(2-7-23-13)14(21)19-3-5-22-6-4-19/h2,7-8H,3-6H2,1H3,(H,17,20). The Balaban J connectivity index is 1.78. The highest BCUT2D eigenvalue weighted by atomic mass is 35.5. The minimum Gasteiger partial charge on any atom is -0.378 e. The van der Waals surface area contributed by atoms with Gasteiger partial charge in [0.05, 0.1) is 30.0 Å². The first-order valence-corrected chi connectivity index (χ1v) is 8.27. The molecule has 1 aliphatic rings. The van der Waals surface area contributed by atoms with Gasteiger partial charge in [-0.25, -0.2) is 0 Å². The number of aryl methyl sites for hydroxylation is 1. The third-order valence-corrected chi connectivity index (χ3v) is 4.64. The van der Waals surface area contributed by atoms with E-state index in [1.54, 1.807) is 23.4 Å². The summed E-state index contributed by atoms with van der Waals surface area (Å²) in [6.07, 6.45) is 1.41. The fourth-order valence-corrected chi connectivity index (χ4v) is 3.37. The molecule has 1 aliphatic heterocycles. The molecule has 0 spiro atoms. The van der Waals surface area contributed by atoms with Crippen molar-refractivity contribution in [1.29, 1.82) is 0 Å². The smallest absolute Gasteiger partial charge is 0.276 e. The molecule has 0 radical (unpaired) electrons. The molecule has 7 nitrogen and oxygen atoms in total. The normalized spacial score (nSPS) is 14.8. The number of amides is 2. The molecule has 1 saturated heterocycles. The Morgan fingerprint density at radius 2 is 2.13 bits per heavy atom. The molecule has 2 aromatic rings. The van der Waals surface area contributed by atoms with Gasteiger partial charge in [-0.15, -0.1) is 11.3 Å². The zero-order chi connectivity index (χ0) is 16.4. The topological polar surface area (TPSA) is 76.5 Å². The number of halogens is 1. The third-order valence-electron chi connectivity index (χ3n) is 3.53. The molecule has 0 atom stereocenters. The fourth-order valence-electron chi connectivity index (χ4n) is 2.34. The highest BCUT2D eigenvalue weighted by Crippen LogP contribution is 2.26. The molecule has 2 aromatic heterocycles. The van der Waals surface area contributed by atoms with Gasteiger partial charge in [0, 0.05) is 20.1 Å². The van der Waals surface area contributed by atoms with Crippen molar-refractivity contribution in [3.63, 3.8) is 0 Å². The molecular formula is C14H15ClN4O3S. The van der Waals surface area contributed by atoms with Crippen molar-refractivity contribution in [2.24, 2.45) is 7.05 Å². The number of carbonyl (C=O) groups excluding carboxylic acids is 2. The van der Waals surface area contributed by atoms with Crippen molar-refractivity contribution in [2.75, 3.05) is 31.6 Å². The van der Waals surface area contributed by atoms with Crippen molar-refractivity contribution in [3.05, 3.63) is 33.9 Å². The third kappa shape index (κ3) is 3.24. The van der Waals surface area contributed by atoms with Gasteiger partial charge < -0.3 is 15.0 Å². The van der Waals surface area contributed by atoms with E-state index in [2.05, 4.69) is 10.4 Å². The van der Waals surface area contributed by atoms with Crippen LogP contribution in [0.4, 0.5) is 5.00 Å². The summed E-state index contributed by atoms with van der Waals surface area (Å²) in [7, 11) is 1.63. The number of aromatic nitrogens is 2. The SMILES string of the molecule is Cn1ncc(Cl)c1C(=O)Nc1sccc1C(=O)N1CCOCC1. The van der Waals surface area contributed by atoms with Crippen LogP contribution in [0.1, 0.15) is 20.8 Å². The number of rotatable bonds is 3. The summed E-state index contributed by atoms with van der Waals surface area (Å²) in [5.74, 6) is -0.505. The van der Waals surface area contributed by atoms with Crippen LogP contribution in [-0.4, -0.2) is 52.8 Å². The average Bonchev–Trinajstić information content (AvgIpc) is 3.14. The Labute approximate surface area is 141 Å². The summed E-state index contributed by atoms with van der Waals surface area (Å²) in [6, 6.07) is 1.71. The highest BCUT2D eigenvalue weighted by Gasteiger charge is 2.24. The van der Waals surface area contributed by atoms with E-state index < -0.39 is 5.91 Å². The van der Waals surface area contributed by atoms with Gasteiger partial charge in [-0.05, 0) is 11.4 Å². The number of nitrogens with one attached hydrogen (secondary N) is 1. The van der Waals surface area contributed by atoms with Crippen molar-refractivity contribution in [3.8, 4) is 0 Å². The number of carbonyl (C=O) groups is 2. The van der Waals surface area contributed by atoms with Crippen LogP contribution in [0.3, 0.4) is 0 Å². The lowest BCUT2D eigenvalue weighted by atomic mass is 10.2. The molecule has 3 rings (SSSR count). The number of anilines is 1. The van der Waals surface area contributed by atoms with E-state index in [1.807, 2.05) is 0 Å². The summed E-state index contributed by atoms with van der Waals surface area (Å²) in [5.41, 5.74) is 0.730. The lowest BCUT2D eigenvalue weighted by molar-refractivity contribution is 0.0304. The van der Waals surface area contributed by atoms with E-state index in [1.165, 1.54) is 22.2 Å². The van der Waals surface area contributed by atoms with Crippen molar-refractivity contribution in [2.45, 2.75) is 0 Å². The maximum Gasteiger partial charge on any atom is 0.276 e. The van der Waals surface area contributed by atoms with Crippen LogP contribution in [0.5, 0.6) is 0 Å². The molecule has 0 bridgehead atoms. The van der Waals surface area contributed by atoms with E-state index in [-0.39, 0.29) is 16.6 Å². The van der Waals surface area contributed by atoms with Crippen LogP contribution in [0.15, 0.2) is 17.6 Å². The Bertz CT molecular complexity index is 717. The monoisotopic (exact) mass is 354 g/mol. The maximum atomic E-state index is 12.6. The molecule has 1 fully saturated rings. The average molecular weight is 355 g/mol. The van der Waals surface area contributed by atoms with Gasteiger partial charge in [-0.2, -0.15) is 5.10 Å². The summed E-state index contributed by atoms with van der Waals surface area (Å²) in [4.78, 5) is 26.7. The number of hydrogen-bond donors (Lipinski definition) is 1. The Morgan fingerprint density at radius 3 is 2.78 bits per heavy atom. The molecule has 0 saturated carbocycles. The van der Waals surface area contributed by atoms with Crippen molar-refractivity contribution in [1.82, 2.24) is 14.7 Å². The minimum absolute atomic E-state index is 0.110. The van der Waals surface area contributed by atoms with Gasteiger partial charge >= 0.3 is 0 Å². The first kappa shape index (κ1) is 16.0. The predicted octanol–water partition coefficient (Wildman–Crippen LogP) is 1.86. The maximum absolute atomic E-state index is 12.6. The summed E-state index contributed by atoms with van der Waals surface area (Å²) >= 11 is 7.27. The number of nitrogens with zero attached hydrogens (tertiary/aromatic N) is 3. The Kier molecular flexibility index (Phi) is 4.65. The summed E-state index contributed by atoms with van der Waals surface area (Å²) in [6.45, 7) is 2.16. The van der Waals surface area contributed by atoms with Gasteiger partial charge in [-0.3, -0.25) is 14.3 Å². The number of thiophene rings is 1. The summed E-state index contributed by atoms with van der Waals surface area (Å²) < 4.78 is 6.65. The minimum atomic E-state index is -0.395. The zero-order valence-corrected chi connectivity index (χ0v) is 14.0. The molecule has 1 N–H and O–H groups in total. The Morgan fingerprint density at radius 1 is 1.39 bits per heavy atom. The van der Waals surface area contributed by atoms with E-state index in [0.29, 0.717) is 36.9 Å². The van der Waals surface area contributed by atoms with Crippen LogP contribution in [0, 0.1) is 0 Å². The quantitative estimate of drug-likeness (QED) is 0.912. The fraction of sp³-hybridized carbons (Fsp3) is 0.357. The molecule has 122 valence electrons. The van der Waals surface area contributed by atoms with Crippen LogP contribution in [0.25, 0.3) is 0 Å². The first-order chi connectivity index (χ1) is 11.1. The van der Waals surface area contributed by atoms with Crippen molar-refractivity contribution >= 4 is 39.8 Å². The number of hydrogen-bond acceptors (Lipinski definition) is 5. The van der Waals surface area contributed by atoms with Crippen LogP contribution in [0.2, 0.25) is 5.02 Å². The van der Waals surface area contributed by atoms with E-state index in [0.717, 1.165) is 0 Å². The van der Waals surface area contributed by atoms with Crippen LogP contribution >= 0.6 is 22.9 Å². The van der Waals surface area contributed by atoms with Gasteiger partial charge in [0.25, 0.3) is 11.8 Å². The first-order valence-electron chi connectivity index (χ1n) is 7.01. The molecule has 0 aliphatic carbocycles. The van der Waals surface area contributed by atoms with E-state index in [9.17, 15) is 9.59 Å². The zero-order valence-electron chi connectivity index (χ0n) is 12.4. The number of ether oxygens (including phenoxy) is 1. The number of morpholine rings is 1. The molecule has 2 amide bonds. The molecule has 23 heavy (non-hydrogen) atoms. The van der Waals surface area contributed by atoms with E-state index in [4.69, 9.17) is 16.3 Å². The molecular weight excluding hydrogens is 340 g/mol. The largest absolute Gasteiger partial charge is 0.378 e. The highest BCUT2D eigenvalue weighted by molar-refractivity contribution is 7.14. The van der Waals surface area contributed by atoms with Crippen LogP contribution in [-0.2, 0) is 11.8 Å². The lowest BCUT2D eigenvalue weighted by Crippen LogP contribution is -2.40. The second kappa shape index (κ2) is 6.69. The van der Waals surface area contributed by atoms with Gasteiger partial charge in [0.1, 0.15) is 10.7 Å². The predicted molar refractivity (Wildman–Crippen MR) is 87.2 cm³/mol. The lowest BCUT2D eigenvalue weighted by Gasteiger charge is -2.26. The van der Waals surface area contributed by atoms with Gasteiger partial charge in [0.2, 0.25) is 0 Å². The Hall–Kier alpha value is -1.90. The molecule has 3 heterocycles. The second-order valence-electron chi connectivity index (χ2n) is 4.99. The van der Waals surface area contributed by atoms with E-state index >= 15 is 0 Å².